The minimum absolute atomic E-state index is 0.0185. The van der Waals surface area contributed by atoms with Crippen LogP contribution in [0.1, 0.15) is 61.9 Å². The number of aryl methyl sites for hydroxylation is 1. The number of aliphatic hydroxyl groups excluding tert-OH is 1. The standard InChI is InChI=1S/C29H47N3O5/c1-20(2)32(29(35)23-7-6-21(3)28(14-23)37-13-5-12-36-4)19-25-17-30-15-24(25)16-31-18-27(34)22-8-10-26(33)11-9-22/h6-7,14,20,22,24-26,30-31,33H,5,8-13,15-19H2,1-4H3/t22?,24-,25-,26?/m0/s1. The minimum Gasteiger partial charge on any atom is -0.493 e. The number of methoxy groups -OCH3 is 1. The molecule has 1 aromatic rings. The molecule has 3 N–H and O–H groups in total. The lowest BCUT2D eigenvalue weighted by Gasteiger charge is -2.32. The van der Waals surface area contributed by atoms with E-state index in [1.165, 1.54) is 0 Å². The fourth-order valence-corrected chi connectivity index (χ4v) is 5.38. The molecule has 1 amide bonds. The van der Waals surface area contributed by atoms with Crippen molar-refractivity contribution in [3.63, 3.8) is 0 Å². The summed E-state index contributed by atoms with van der Waals surface area (Å²) in [6.45, 7) is 10.8. The highest BCUT2D eigenvalue weighted by Crippen LogP contribution is 2.26. The Balaban J connectivity index is 1.55. The lowest BCUT2D eigenvalue weighted by atomic mass is 9.84. The van der Waals surface area contributed by atoms with Crippen molar-refractivity contribution in [2.24, 2.45) is 17.8 Å². The maximum absolute atomic E-state index is 13.6. The highest BCUT2D eigenvalue weighted by atomic mass is 16.5. The number of benzene rings is 1. The van der Waals surface area contributed by atoms with E-state index in [1.807, 2.05) is 30.0 Å². The Morgan fingerprint density at radius 2 is 1.86 bits per heavy atom. The first kappa shape index (κ1) is 29.6. The number of aliphatic hydroxyl groups is 1. The normalized spacial score (nSPS) is 23.8. The van der Waals surface area contributed by atoms with E-state index in [0.29, 0.717) is 43.7 Å². The smallest absolute Gasteiger partial charge is 0.254 e. The highest BCUT2D eigenvalue weighted by Gasteiger charge is 2.32. The van der Waals surface area contributed by atoms with Crippen LogP contribution in [0.3, 0.4) is 0 Å². The molecule has 1 heterocycles. The van der Waals surface area contributed by atoms with E-state index in [0.717, 1.165) is 63.1 Å². The quantitative estimate of drug-likeness (QED) is 0.326. The number of ether oxygens (including phenoxy) is 2. The summed E-state index contributed by atoms with van der Waals surface area (Å²) < 4.78 is 11.0. The number of hydrogen-bond acceptors (Lipinski definition) is 7. The molecule has 8 nitrogen and oxygen atoms in total. The molecule has 3 rings (SSSR count). The number of hydrogen-bond donors (Lipinski definition) is 3. The Bertz CT molecular complexity index is 869. The summed E-state index contributed by atoms with van der Waals surface area (Å²) in [5.74, 6) is 1.76. The van der Waals surface area contributed by atoms with Gasteiger partial charge in [0.25, 0.3) is 5.91 Å². The average Bonchev–Trinajstić information content (AvgIpc) is 3.32. The minimum atomic E-state index is -0.242. The Hall–Kier alpha value is -2.00. The first-order valence-corrected chi connectivity index (χ1v) is 14.0. The van der Waals surface area contributed by atoms with Crippen molar-refractivity contribution in [1.82, 2.24) is 15.5 Å². The number of ketones is 1. The number of nitrogens with zero attached hydrogens (tertiary/aromatic N) is 1. The zero-order valence-electron chi connectivity index (χ0n) is 23.1. The summed E-state index contributed by atoms with van der Waals surface area (Å²) in [5.41, 5.74) is 1.65. The third-order valence-electron chi connectivity index (χ3n) is 7.84. The number of nitrogens with one attached hydrogen (secondary N) is 2. The van der Waals surface area contributed by atoms with Gasteiger partial charge in [-0.15, -0.1) is 0 Å². The molecule has 1 aromatic carbocycles. The Morgan fingerprint density at radius 3 is 2.57 bits per heavy atom. The maximum atomic E-state index is 13.6. The van der Waals surface area contributed by atoms with Crippen molar-refractivity contribution < 1.29 is 24.2 Å². The first-order valence-electron chi connectivity index (χ1n) is 14.0. The van der Waals surface area contributed by atoms with E-state index in [-0.39, 0.29) is 29.8 Å². The van der Waals surface area contributed by atoms with Crippen molar-refractivity contribution in [2.75, 3.05) is 53.0 Å². The molecular weight excluding hydrogens is 470 g/mol. The lowest BCUT2D eigenvalue weighted by molar-refractivity contribution is -0.123. The average molecular weight is 518 g/mol. The van der Waals surface area contributed by atoms with Gasteiger partial charge in [0.15, 0.2) is 0 Å². The van der Waals surface area contributed by atoms with Crippen LogP contribution in [0.15, 0.2) is 18.2 Å². The molecule has 0 spiro atoms. The van der Waals surface area contributed by atoms with E-state index >= 15 is 0 Å². The van der Waals surface area contributed by atoms with Gasteiger partial charge in [-0.3, -0.25) is 9.59 Å². The molecule has 0 aromatic heterocycles. The molecule has 1 saturated heterocycles. The predicted molar refractivity (Wildman–Crippen MR) is 145 cm³/mol. The number of rotatable bonds is 14. The molecule has 0 bridgehead atoms. The van der Waals surface area contributed by atoms with Crippen molar-refractivity contribution in [3.8, 4) is 5.75 Å². The Kier molecular flexibility index (Phi) is 11.8. The second-order valence-electron chi connectivity index (χ2n) is 11.0. The van der Waals surface area contributed by atoms with Crippen LogP contribution in [0, 0.1) is 24.7 Å². The van der Waals surface area contributed by atoms with Crippen LogP contribution in [-0.4, -0.2) is 86.9 Å². The summed E-state index contributed by atoms with van der Waals surface area (Å²) in [7, 11) is 1.68. The fourth-order valence-electron chi connectivity index (χ4n) is 5.38. The summed E-state index contributed by atoms with van der Waals surface area (Å²) in [4.78, 5) is 28.1. The van der Waals surface area contributed by atoms with Crippen LogP contribution in [0.2, 0.25) is 0 Å². The molecule has 2 fully saturated rings. The fraction of sp³-hybridized carbons (Fsp3) is 0.724. The van der Waals surface area contributed by atoms with Crippen LogP contribution in [0.4, 0.5) is 0 Å². The predicted octanol–water partition coefficient (Wildman–Crippen LogP) is 2.81. The Morgan fingerprint density at radius 1 is 1.14 bits per heavy atom. The highest BCUT2D eigenvalue weighted by molar-refractivity contribution is 5.95. The van der Waals surface area contributed by atoms with E-state index in [2.05, 4.69) is 24.5 Å². The van der Waals surface area contributed by atoms with Gasteiger partial charge >= 0.3 is 0 Å². The zero-order valence-corrected chi connectivity index (χ0v) is 23.1. The summed E-state index contributed by atoms with van der Waals surface area (Å²) in [6, 6.07) is 5.77. The van der Waals surface area contributed by atoms with Crippen LogP contribution in [-0.2, 0) is 9.53 Å². The molecule has 2 atom stereocenters. The third-order valence-corrected chi connectivity index (χ3v) is 7.84. The number of carbonyl (C=O) groups excluding carboxylic acids is 2. The van der Waals surface area contributed by atoms with Crippen molar-refractivity contribution >= 4 is 11.7 Å². The van der Waals surface area contributed by atoms with Gasteiger partial charge in [-0.25, -0.2) is 0 Å². The number of Topliss-reactive ketones (excluding diaryl/α,β-unsaturated/α-hetero) is 1. The number of carbonyl (C=O) groups is 2. The second kappa shape index (κ2) is 14.8. The molecule has 8 heteroatoms. The van der Waals surface area contributed by atoms with Crippen LogP contribution in [0.25, 0.3) is 0 Å². The van der Waals surface area contributed by atoms with Gasteiger partial charge in [0, 0.05) is 50.8 Å². The molecule has 37 heavy (non-hydrogen) atoms. The molecule has 1 aliphatic heterocycles. The Labute approximate surface area is 222 Å². The second-order valence-corrected chi connectivity index (χ2v) is 11.0. The number of amides is 1. The monoisotopic (exact) mass is 517 g/mol. The maximum Gasteiger partial charge on any atom is 0.254 e. The van der Waals surface area contributed by atoms with Crippen molar-refractivity contribution in [2.45, 2.75) is 65.0 Å². The zero-order chi connectivity index (χ0) is 26.8. The van der Waals surface area contributed by atoms with Crippen LogP contribution in [0.5, 0.6) is 5.75 Å². The molecule has 2 aliphatic rings. The van der Waals surface area contributed by atoms with E-state index in [1.54, 1.807) is 7.11 Å². The molecule has 208 valence electrons. The lowest BCUT2D eigenvalue weighted by Crippen LogP contribution is -2.43. The topological polar surface area (TPSA) is 100 Å². The summed E-state index contributed by atoms with van der Waals surface area (Å²) >= 11 is 0. The van der Waals surface area contributed by atoms with Crippen molar-refractivity contribution in [3.05, 3.63) is 29.3 Å². The van der Waals surface area contributed by atoms with Gasteiger partial charge < -0.3 is 30.1 Å². The van der Waals surface area contributed by atoms with Gasteiger partial charge in [0.05, 0.1) is 19.3 Å². The molecular formula is C29H47N3O5. The van der Waals surface area contributed by atoms with Gasteiger partial charge in [-0.2, -0.15) is 0 Å². The van der Waals surface area contributed by atoms with Crippen molar-refractivity contribution in [1.29, 1.82) is 0 Å². The van der Waals surface area contributed by atoms with Gasteiger partial charge in [0.1, 0.15) is 11.5 Å². The van der Waals surface area contributed by atoms with E-state index < -0.39 is 0 Å². The molecule has 1 aliphatic carbocycles. The summed E-state index contributed by atoms with van der Waals surface area (Å²) in [5, 5.41) is 16.6. The SMILES string of the molecule is COCCCOc1cc(C(=O)N(C[C@@H]2CNC[C@H]2CNCC(=O)C2CCC(O)CC2)C(C)C)ccc1C. The largest absolute Gasteiger partial charge is 0.493 e. The van der Waals surface area contributed by atoms with Gasteiger partial charge in [-0.1, -0.05) is 6.07 Å². The molecule has 0 radical (unpaired) electrons. The van der Waals surface area contributed by atoms with E-state index in [9.17, 15) is 14.7 Å². The van der Waals surface area contributed by atoms with Crippen LogP contribution < -0.4 is 15.4 Å². The molecule has 1 saturated carbocycles. The van der Waals surface area contributed by atoms with Crippen LogP contribution >= 0.6 is 0 Å². The van der Waals surface area contributed by atoms with Gasteiger partial charge in [-0.05, 0) is 89.1 Å². The summed E-state index contributed by atoms with van der Waals surface area (Å²) in [6.07, 6.45) is 3.60. The first-order chi connectivity index (χ1) is 17.8. The molecule has 0 unspecified atom stereocenters. The van der Waals surface area contributed by atoms with E-state index in [4.69, 9.17) is 9.47 Å². The van der Waals surface area contributed by atoms with Gasteiger partial charge in [0.2, 0.25) is 0 Å². The third kappa shape index (κ3) is 8.77.